The SMILES string of the molecule is CC(C)(C)ON=CCc1cnccn1. The number of aromatic nitrogens is 2. The van der Waals surface area contributed by atoms with Gasteiger partial charge < -0.3 is 4.84 Å². The second-order valence-corrected chi connectivity index (χ2v) is 3.89. The summed E-state index contributed by atoms with van der Waals surface area (Å²) >= 11 is 0. The van der Waals surface area contributed by atoms with Gasteiger partial charge in [-0.2, -0.15) is 0 Å². The molecule has 4 nitrogen and oxygen atoms in total. The Morgan fingerprint density at radius 2 is 2.21 bits per heavy atom. The van der Waals surface area contributed by atoms with E-state index < -0.39 is 0 Å². The van der Waals surface area contributed by atoms with E-state index in [9.17, 15) is 0 Å². The summed E-state index contributed by atoms with van der Waals surface area (Å²) in [4.78, 5) is 13.2. The maximum absolute atomic E-state index is 5.17. The van der Waals surface area contributed by atoms with Crippen molar-refractivity contribution in [2.45, 2.75) is 32.8 Å². The van der Waals surface area contributed by atoms with E-state index in [1.54, 1.807) is 24.8 Å². The Balaban J connectivity index is 2.35. The molecule has 0 spiro atoms. The van der Waals surface area contributed by atoms with Crippen molar-refractivity contribution in [3.63, 3.8) is 0 Å². The van der Waals surface area contributed by atoms with E-state index in [2.05, 4.69) is 15.1 Å². The maximum Gasteiger partial charge on any atom is 0.129 e. The van der Waals surface area contributed by atoms with Crippen LogP contribution in [0.2, 0.25) is 0 Å². The van der Waals surface area contributed by atoms with Crippen LogP contribution in [0.3, 0.4) is 0 Å². The number of hydrogen-bond acceptors (Lipinski definition) is 4. The minimum atomic E-state index is -0.237. The Labute approximate surface area is 84.0 Å². The Hall–Kier alpha value is -1.45. The van der Waals surface area contributed by atoms with Crippen LogP contribution in [-0.4, -0.2) is 21.8 Å². The second-order valence-electron chi connectivity index (χ2n) is 3.89. The van der Waals surface area contributed by atoms with Gasteiger partial charge in [0, 0.05) is 31.2 Å². The van der Waals surface area contributed by atoms with Crippen molar-refractivity contribution < 1.29 is 4.84 Å². The largest absolute Gasteiger partial charge is 0.390 e. The summed E-state index contributed by atoms with van der Waals surface area (Å²) in [5.74, 6) is 0. The molecule has 0 amide bonds. The van der Waals surface area contributed by atoms with Gasteiger partial charge in [0.2, 0.25) is 0 Å². The van der Waals surface area contributed by atoms with Crippen molar-refractivity contribution in [1.82, 2.24) is 9.97 Å². The van der Waals surface area contributed by atoms with Crippen molar-refractivity contribution in [3.05, 3.63) is 24.3 Å². The third-order valence-electron chi connectivity index (χ3n) is 1.32. The first kappa shape index (κ1) is 10.6. The number of oxime groups is 1. The van der Waals surface area contributed by atoms with Crippen LogP contribution in [0, 0.1) is 0 Å². The lowest BCUT2D eigenvalue weighted by atomic mass is 10.2. The van der Waals surface area contributed by atoms with Gasteiger partial charge >= 0.3 is 0 Å². The maximum atomic E-state index is 5.17. The van der Waals surface area contributed by atoms with Crippen molar-refractivity contribution in [2.75, 3.05) is 0 Å². The van der Waals surface area contributed by atoms with Gasteiger partial charge in [-0.1, -0.05) is 5.16 Å². The highest BCUT2D eigenvalue weighted by Crippen LogP contribution is 2.06. The van der Waals surface area contributed by atoms with E-state index in [1.807, 2.05) is 20.8 Å². The second kappa shape index (κ2) is 4.69. The van der Waals surface area contributed by atoms with E-state index in [0.29, 0.717) is 6.42 Å². The van der Waals surface area contributed by atoms with Gasteiger partial charge in [-0.25, -0.2) is 0 Å². The molecule has 0 aromatic carbocycles. The van der Waals surface area contributed by atoms with Gasteiger partial charge in [0.1, 0.15) is 5.60 Å². The van der Waals surface area contributed by atoms with Crippen LogP contribution in [0.15, 0.2) is 23.7 Å². The Bertz CT molecular complexity index is 290. The van der Waals surface area contributed by atoms with Crippen LogP contribution in [0.1, 0.15) is 26.5 Å². The Kier molecular flexibility index (Phi) is 3.56. The summed E-state index contributed by atoms with van der Waals surface area (Å²) in [5.41, 5.74) is 0.646. The third kappa shape index (κ3) is 4.54. The molecule has 0 saturated carbocycles. The molecule has 0 unspecified atom stereocenters. The van der Waals surface area contributed by atoms with Gasteiger partial charge in [0.15, 0.2) is 0 Å². The van der Waals surface area contributed by atoms with Crippen molar-refractivity contribution >= 4 is 6.21 Å². The average molecular weight is 193 g/mol. The third-order valence-corrected chi connectivity index (χ3v) is 1.32. The lowest BCUT2D eigenvalue weighted by Gasteiger charge is -2.14. The highest BCUT2D eigenvalue weighted by Gasteiger charge is 2.08. The van der Waals surface area contributed by atoms with Crippen LogP contribution in [0.4, 0.5) is 0 Å². The summed E-state index contributed by atoms with van der Waals surface area (Å²) in [6.07, 6.45) is 7.35. The van der Waals surface area contributed by atoms with Crippen molar-refractivity contribution in [1.29, 1.82) is 0 Å². The molecule has 1 heterocycles. The van der Waals surface area contributed by atoms with Crippen LogP contribution in [0.5, 0.6) is 0 Å². The molecule has 0 bridgehead atoms. The highest BCUT2D eigenvalue weighted by atomic mass is 16.6. The molecule has 0 aliphatic carbocycles. The number of hydrogen-bond donors (Lipinski definition) is 0. The predicted octanol–water partition coefficient (Wildman–Crippen LogP) is 1.82. The average Bonchev–Trinajstić information content (AvgIpc) is 2.13. The molecular weight excluding hydrogens is 178 g/mol. The van der Waals surface area contributed by atoms with Gasteiger partial charge in [-0.15, -0.1) is 0 Å². The molecule has 1 rings (SSSR count). The van der Waals surface area contributed by atoms with Gasteiger partial charge in [-0.05, 0) is 20.8 Å². The lowest BCUT2D eigenvalue weighted by Crippen LogP contribution is -2.15. The molecule has 4 heteroatoms. The zero-order chi connectivity index (χ0) is 10.4. The summed E-state index contributed by atoms with van der Waals surface area (Å²) < 4.78 is 0. The quantitative estimate of drug-likeness (QED) is 0.543. The molecule has 0 saturated heterocycles. The Morgan fingerprint density at radius 1 is 1.43 bits per heavy atom. The standard InChI is InChI=1S/C10H15N3O/c1-10(2,3)14-13-5-4-9-8-11-6-7-12-9/h5-8H,4H2,1-3H3. The molecule has 0 aliphatic rings. The predicted molar refractivity (Wildman–Crippen MR) is 55.1 cm³/mol. The van der Waals surface area contributed by atoms with Crippen LogP contribution >= 0.6 is 0 Å². The zero-order valence-electron chi connectivity index (χ0n) is 8.77. The van der Waals surface area contributed by atoms with Crippen LogP contribution in [0.25, 0.3) is 0 Å². The summed E-state index contributed by atoms with van der Waals surface area (Å²) in [7, 11) is 0. The lowest BCUT2D eigenvalue weighted by molar-refractivity contribution is 0.00165. The van der Waals surface area contributed by atoms with E-state index in [1.165, 1.54) is 0 Å². The number of rotatable bonds is 3. The Morgan fingerprint density at radius 3 is 2.79 bits per heavy atom. The smallest absolute Gasteiger partial charge is 0.129 e. The van der Waals surface area contributed by atoms with E-state index in [-0.39, 0.29) is 5.60 Å². The van der Waals surface area contributed by atoms with E-state index >= 15 is 0 Å². The highest BCUT2D eigenvalue weighted by molar-refractivity contribution is 5.59. The summed E-state index contributed by atoms with van der Waals surface area (Å²) in [5, 5.41) is 3.85. The molecule has 0 N–H and O–H groups in total. The van der Waals surface area contributed by atoms with E-state index in [0.717, 1.165) is 5.69 Å². The van der Waals surface area contributed by atoms with Crippen LogP contribution < -0.4 is 0 Å². The van der Waals surface area contributed by atoms with Gasteiger partial charge in [0.25, 0.3) is 0 Å². The topological polar surface area (TPSA) is 47.4 Å². The van der Waals surface area contributed by atoms with Crippen molar-refractivity contribution in [3.8, 4) is 0 Å². The zero-order valence-corrected chi connectivity index (χ0v) is 8.77. The van der Waals surface area contributed by atoms with Crippen molar-refractivity contribution in [2.24, 2.45) is 5.16 Å². The first-order valence-electron chi connectivity index (χ1n) is 4.53. The molecule has 0 atom stereocenters. The molecule has 0 fully saturated rings. The molecule has 0 aliphatic heterocycles. The van der Waals surface area contributed by atoms with Crippen LogP contribution in [-0.2, 0) is 11.3 Å². The number of nitrogens with zero attached hydrogens (tertiary/aromatic N) is 3. The molecule has 76 valence electrons. The van der Waals surface area contributed by atoms with Gasteiger partial charge in [0.05, 0.1) is 5.69 Å². The first-order chi connectivity index (χ1) is 6.58. The first-order valence-corrected chi connectivity index (χ1v) is 4.53. The fraction of sp³-hybridized carbons (Fsp3) is 0.500. The van der Waals surface area contributed by atoms with Gasteiger partial charge in [-0.3, -0.25) is 9.97 Å². The summed E-state index contributed by atoms with van der Waals surface area (Å²) in [6, 6.07) is 0. The fourth-order valence-electron chi connectivity index (χ4n) is 0.762. The van der Waals surface area contributed by atoms with E-state index in [4.69, 9.17) is 4.84 Å². The normalized spacial score (nSPS) is 11.9. The molecule has 1 aromatic heterocycles. The molecule has 0 radical (unpaired) electrons. The minimum absolute atomic E-state index is 0.237. The molecule has 14 heavy (non-hydrogen) atoms. The summed E-state index contributed by atoms with van der Waals surface area (Å²) in [6.45, 7) is 5.85. The fourth-order valence-corrected chi connectivity index (χ4v) is 0.762. The molecular formula is C10H15N3O. The monoisotopic (exact) mass is 193 g/mol. The minimum Gasteiger partial charge on any atom is -0.390 e. The molecule has 1 aromatic rings.